The van der Waals surface area contributed by atoms with Crippen LogP contribution in [0.4, 0.5) is 0 Å². The molecule has 0 aliphatic rings. The Balaban J connectivity index is 2.13. The maximum Gasteiger partial charge on any atom is 0.303 e. The minimum absolute atomic E-state index is 0.00843. The highest BCUT2D eigenvalue weighted by molar-refractivity contribution is 6.32. The fourth-order valence-electron chi connectivity index (χ4n) is 2.15. The third kappa shape index (κ3) is 4.32. The fourth-order valence-corrected chi connectivity index (χ4v) is 2.37. The molecule has 1 aromatic heterocycles. The summed E-state index contributed by atoms with van der Waals surface area (Å²) in [6.45, 7) is 3.55. The average molecular weight is 336 g/mol. The summed E-state index contributed by atoms with van der Waals surface area (Å²) in [5, 5.41) is 16.3. The van der Waals surface area contributed by atoms with Gasteiger partial charge in [-0.15, -0.1) is 0 Å². The van der Waals surface area contributed by atoms with Gasteiger partial charge in [-0.3, -0.25) is 9.59 Å². The number of nitrogens with one attached hydrogen (secondary N) is 1. The Kier molecular flexibility index (Phi) is 5.39. The predicted octanol–water partition coefficient (Wildman–Crippen LogP) is 2.82. The molecular formula is C16H18ClN3O3. The summed E-state index contributed by atoms with van der Waals surface area (Å²) in [5.41, 5.74) is 1.70. The largest absolute Gasteiger partial charge is 0.481 e. The lowest BCUT2D eigenvalue weighted by atomic mass is 10.1. The van der Waals surface area contributed by atoms with Gasteiger partial charge in [-0.25, -0.2) is 4.68 Å². The van der Waals surface area contributed by atoms with Gasteiger partial charge < -0.3 is 10.4 Å². The number of benzene rings is 1. The third-order valence-corrected chi connectivity index (χ3v) is 3.70. The molecule has 1 amide bonds. The number of rotatable bonds is 6. The molecule has 0 fully saturated rings. The summed E-state index contributed by atoms with van der Waals surface area (Å²) in [6.07, 6.45) is 2.11. The zero-order chi connectivity index (χ0) is 17.0. The summed E-state index contributed by atoms with van der Waals surface area (Å²) >= 11 is 6.14. The van der Waals surface area contributed by atoms with Crippen molar-refractivity contribution in [3.05, 3.63) is 46.7 Å². The Bertz CT molecular complexity index is 727. The topological polar surface area (TPSA) is 84.2 Å². The Morgan fingerprint density at radius 2 is 2.09 bits per heavy atom. The number of carbonyl (C=O) groups is 2. The van der Waals surface area contributed by atoms with Gasteiger partial charge in [0.25, 0.3) is 5.91 Å². The highest BCUT2D eigenvalue weighted by atomic mass is 35.5. The van der Waals surface area contributed by atoms with Crippen LogP contribution in [-0.4, -0.2) is 32.8 Å². The number of hydrogen-bond acceptors (Lipinski definition) is 3. The SMILES string of the molecule is Cc1cn(-c2ccccc2Cl)nc1C(=O)NC(C)CCC(=O)O. The number of hydrogen-bond donors (Lipinski definition) is 2. The second-order valence-electron chi connectivity index (χ2n) is 5.36. The van der Waals surface area contributed by atoms with Crippen molar-refractivity contribution in [1.29, 1.82) is 0 Å². The number of aromatic nitrogens is 2. The lowest BCUT2D eigenvalue weighted by Gasteiger charge is -2.11. The van der Waals surface area contributed by atoms with Crippen LogP contribution >= 0.6 is 11.6 Å². The van der Waals surface area contributed by atoms with Crippen LogP contribution in [0, 0.1) is 6.92 Å². The van der Waals surface area contributed by atoms with Crippen molar-refractivity contribution in [3.8, 4) is 5.69 Å². The molecule has 0 aliphatic heterocycles. The van der Waals surface area contributed by atoms with Crippen LogP contribution in [0.25, 0.3) is 5.69 Å². The molecule has 0 radical (unpaired) electrons. The number of carbonyl (C=O) groups excluding carboxylic acids is 1. The summed E-state index contributed by atoms with van der Waals surface area (Å²) in [7, 11) is 0. The van der Waals surface area contributed by atoms with E-state index >= 15 is 0 Å². The van der Waals surface area contributed by atoms with Crippen molar-refractivity contribution in [2.24, 2.45) is 0 Å². The van der Waals surface area contributed by atoms with E-state index < -0.39 is 5.97 Å². The van der Waals surface area contributed by atoms with Crippen molar-refractivity contribution in [2.75, 3.05) is 0 Å². The molecule has 0 aliphatic carbocycles. The van der Waals surface area contributed by atoms with Crippen LogP contribution in [0.1, 0.15) is 35.8 Å². The fraction of sp³-hybridized carbons (Fsp3) is 0.312. The zero-order valence-corrected chi connectivity index (χ0v) is 13.7. The Hall–Kier alpha value is -2.34. The summed E-state index contributed by atoms with van der Waals surface area (Å²) in [6, 6.07) is 6.97. The number of amides is 1. The Morgan fingerprint density at radius 1 is 1.39 bits per heavy atom. The van der Waals surface area contributed by atoms with Crippen molar-refractivity contribution in [2.45, 2.75) is 32.7 Å². The van der Waals surface area contributed by atoms with Gasteiger partial charge in [-0.2, -0.15) is 5.10 Å². The van der Waals surface area contributed by atoms with Crippen molar-refractivity contribution in [1.82, 2.24) is 15.1 Å². The highest BCUT2D eigenvalue weighted by Crippen LogP contribution is 2.20. The van der Waals surface area contributed by atoms with E-state index in [1.54, 1.807) is 30.8 Å². The number of para-hydroxylation sites is 1. The number of carboxylic acids is 1. The van der Waals surface area contributed by atoms with Gasteiger partial charge in [0, 0.05) is 24.2 Å². The smallest absolute Gasteiger partial charge is 0.303 e. The minimum atomic E-state index is -0.884. The molecule has 0 saturated heterocycles. The van der Waals surface area contributed by atoms with E-state index in [0.29, 0.717) is 28.4 Å². The van der Waals surface area contributed by atoms with Crippen molar-refractivity contribution < 1.29 is 14.7 Å². The first-order chi connectivity index (χ1) is 10.9. The van der Waals surface area contributed by atoms with E-state index in [1.807, 2.05) is 18.2 Å². The van der Waals surface area contributed by atoms with E-state index in [2.05, 4.69) is 10.4 Å². The first-order valence-corrected chi connectivity index (χ1v) is 7.60. The van der Waals surface area contributed by atoms with E-state index in [1.165, 1.54) is 0 Å². The molecule has 122 valence electrons. The summed E-state index contributed by atoms with van der Waals surface area (Å²) in [4.78, 5) is 22.8. The van der Waals surface area contributed by atoms with Crippen LogP contribution in [0.15, 0.2) is 30.5 Å². The maximum atomic E-state index is 12.3. The molecule has 2 rings (SSSR count). The quantitative estimate of drug-likeness (QED) is 0.850. The third-order valence-electron chi connectivity index (χ3n) is 3.38. The van der Waals surface area contributed by atoms with Gasteiger partial charge in [0.1, 0.15) is 0 Å². The van der Waals surface area contributed by atoms with Crippen LogP contribution in [0.3, 0.4) is 0 Å². The molecule has 1 aromatic carbocycles. The van der Waals surface area contributed by atoms with Gasteiger partial charge in [0.2, 0.25) is 0 Å². The molecule has 0 saturated carbocycles. The molecule has 2 N–H and O–H groups in total. The second-order valence-corrected chi connectivity index (χ2v) is 5.77. The maximum absolute atomic E-state index is 12.3. The first kappa shape index (κ1) is 17.0. The molecule has 0 spiro atoms. The lowest BCUT2D eigenvalue weighted by Crippen LogP contribution is -2.33. The highest BCUT2D eigenvalue weighted by Gasteiger charge is 2.17. The molecule has 2 aromatic rings. The standard InChI is InChI=1S/C16H18ClN3O3/c1-10-9-20(13-6-4-3-5-12(13)17)19-15(10)16(23)18-11(2)7-8-14(21)22/h3-6,9,11H,7-8H2,1-2H3,(H,18,23)(H,21,22). The number of aliphatic carboxylic acids is 1. The Morgan fingerprint density at radius 3 is 2.74 bits per heavy atom. The van der Waals surface area contributed by atoms with E-state index in [4.69, 9.17) is 16.7 Å². The molecular weight excluding hydrogens is 318 g/mol. The van der Waals surface area contributed by atoms with Gasteiger partial charge in [0.15, 0.2) is 5.69 Å². The van der Waals surface area contributed by atoms with E-state index in [9.17, 15) is 9.59 Å². The monoisotopic (exact) mass is 335 g/mol. The number of carboxylic acid groups (broad SMARTS) is 1. The van der Waals surface area contributed by atoms with Crippen molar-refractivity contribution >= 4 is 23.5 Å². The second kappa shape index (κ2) is 7.28. The Labute approximate surface area is 139 Å². The number of aryl methyl sites for hydroxylation is 1. The van der Waals surface area contributed by atoms with Crippen LogP contribution in [0.5, 0.6) is 0 Å². The van der Waals surface area contributed by atoms with E-state index in [0.717, 1.165) is 0 Å². The van der Waals surface area contributed by atoms with Gasteiger partial charge in [-0.05, 0) is 32.4 Å². The predicted molar refractivity (Wildman–Crippen MR) is 87.1 cm³/mol. The molecule has 7 heteroatoms. The van der Waals surface area contributed by atoms with Gasteiger partial charge >= 0.3 is 5.97 Å². The minimum Gasteiger partial charge on any atom is -0.481 e. The number of halogens is 1. The molecule has 1 atom stereocenters. The lowest BCUT2D eigenvalue weighted by molar-refractivity contribution is -0.137. The van der Waals surface area contributed by atoms with E-state index in [-0.39, 0.29) is 18.4 Å². The average Bonchev–Trinajstić information content (AvgIpc) is 2.87. The van der Waals surface area contributed by atoms with Crippen molar-refractivity contribution in [3.63, 3.8) is 0 Å². The molecule has 1 heterocycles. The summed E-state index contributed by atoms with van der Waals surface area (Å²) in [5.74, 6) is -1.21. The number of nitrogens with zero attached hydrogens (tertiary/aromatic N) is 2. The molecule has 6 nitrogen and oxygen atoms in total. The van der Waals surface area contributed by atoms with Crippen LogP contribution in [-0.2, 0) is 4.79 Å². The van der Waals surface area contributed by atoms with Gasteiger partial charge in [0.05, 0.1) is 10.7 Å². The van der Waals surface area contributed by atoms with Gasteiger partial charge in [-0.1, -0.05) is 23.7 Å². The molecule has 23 heavy (non-hydrogen) atoms. The molecule has 1 unspecified atom stereocenters. The normalized spacial score (nSPS) is 12.0. The molecule has 0 bridgehead atoms. The first-order valence-electron chi connectivity index (χ1n) is 7.22. The van der Waals surface area contributed by atoms with Crippen LogP contribution < -0.4 is 5.32 Å². The van der Waals surface area contributed by atoms with Crippen LogP contribution in [0.2, 0.25) is 5.02 Å². The zero-order valence-electron chi connectivity index (χ0n) is 12.9. The summed E-state index contributed by atoms with van der Waals surface area (Å²) < 4.78 is 1.56.